The highest BCUT2D eigenvalue weighted by Gasteiger charge is 2.33. The first-order valence-electron chi connectivity index (χ1n) is 9.43. The van der Waals surface area contributed by atoms with Crippen LogP contribution in [0, 0.1) is 0 Å². The summed E-state index contributed by atoms with van der Waals surface area (Å²) in [6.07, 6.45) is 3.34. The van der Waals surface area contributed by atoms with Crippen LogP contribution in [-0.4, -0.2) is 47.0 Å². The van der Waals surface area contributed by atoms with Gasteiger partial charge in [-0.1, -0.05) is 6.07 Å². The Hall–Kier alpha value is -4.08. The van der Waals surface area contributed by atoms with E-state index in [0.717, 1.165) is 5.56 Å². The zero-order valence-corrected chi connectivity index (χ0v) is 17.5. The number of rotatable bonds is 6. The predicted molar refractivity (Wildman–Crippen MR) is 113 cm³/mol. The molecule has 0 spiro atoms. The van der Waals surface area contributed by atoms with E-state index in [-0.39, 0.29) is 0 Å². The van der Waals surface area contributed by atoms with Crippen LogP contribution in [0.3, 0.4) is 0 Å². The lowest BCUT2D eigenvalue weighted by Gasteiger charge is -2.27. The van der Waals surface area contributed by atoms with Gasteiger partial charge in [-0.05, 0) is 30.7 Å². The predicted octanol–water partition coefficient (Wildman–Crippen LogP) is 2.14. The third-order valence-electron chi connectivity index (χ3n) is 5.04. The van der Waals surface area contributed by atoms with Crippen LogP contribution in [0.25, 0.3) is 11.4 Å². The fourth-order valence-corrected chi connectivity index (χ4v) is 3.65. The van der Waals surface area contributed by atoms with E-state index in [0.29, 0.717) is 45.9 Å². The molecule has 1 aliphatic rings. The second-order valence-electron chi connectivity index (χ2n) is 6.83. The van der Waals surface area contributed by atoms with E-state index >= 15 is 0 Å². The Balaban J connectivity index is 1.88. The number of fused-ring (bicyclic) bond motifs is 1. The number of hydrogen-bond donors (Lipinski definition) is 2. The van der Waals surface area contributed by atoms with Crippen molar-refractivity contribution in [1.82, 2.24) is 19.7 Å². The van der Waals surface area contributed by atoms with Crippen LogP contribution in [0.4, 0.5) is 5.95 Å². The van der Waals surface area contributed by atoms with Crippen molar-refractivity contribution >= 4 is 11.9 Å². The molecule has 0 saturated heterocycles. The van der Waals surface area contributed by atoms with Crippen LogP contribution in [0.2, 0.25) is 0 Å². The summed E-state index contributed by atoms with van der Waals surface area (Å²) in [6, 6.07) is 6.62. The molecule has 0 fully saturated rings. The molecule has 0 radical (unpaired) electrons. The molecule has 0 saturated carbocycles. The highest BCUT2D eigenvalue weighted by molar-refractivity contribution is 5.95. The number of ether oxygens (including phenoxy) is 3. The molecule has 1 amide bonds. The number of primary amides is 1. The molecule has 10 heteroatoms. The number of hydrogen-bond acceptors (Lipinski definition) is 8. The number of benzene rings is 1. The van der Waals surface area contributed by atoms with Gasteiger partial charge in [0.05, 0.1) is 26.9 Å². The third-order valence-corrected chi connectivity index (χ3v) is 5.04. The number of nitrogens with one attached hydrogen (secondary N) is 1. The number of aromatic nitrogens is 4. The number of amides is 1. The van der Waals surface area contributed by atoms with Crippen molar-refractivity contribution in [2.45, 2.75) is 13.0 Å². The molecule has 160 valence electrons. The third kappa shape index (κ3) is 3.41. The monoisotopic (exact) mass is 422 g/mol. The molecule has 31 heavy (non-hydrogen) atoms. The van der Waals surface area contributed by atoms with Crippen LogP contribution >= 0.6 is 0 Å². The van der Waals surface area contributed by atoms with Crippen molar-refractivity contribution in [2.24, 2.45) is 5.73 Å². The zero-order valence-electron chi connectivity index (χ0n) is 17.5. The van der Waals surface area contributed by atoms with Crippen LogP contribution in [0.1, 0.15) is 18.5 Å². The minimum atomic E-state index is -0.564. The van der Waals surface area contributed by atoms with E-state index in [1.165, 1.54) is 7.11 Å². The van der Waals surface area contributed by atoms with Gasteiger partial charge in [-0.15, -0.1) is 5.10 Å². The Kier molecular flexibility index (Phi) is 5.20. The molecule has 4 rings (SSSR count). The molecule has 0 bridgehead atoms. The second kappa shape index (κ2) is 7.98. The van der Waals surface area contributed by atoms with E-state index in [4.69, 9.17) is 19.9 Å². The van der Waals surface area contributed by atoms with Crippen molar-refractivity contribution in [3.05, 3.63) is 53.5 Å². The van der Waals surface area contributed by atoms with Crippen molar-refractivity contribution in [3.63, 3.8) is 0 Å². The number of nitrogens with zero attached hydrogens (tertiary/aromatic N) is 4. The SMILES string of the molecule is COc1cc(-c2nc3n(n2)[C@H](c2cccnc2)C(C(N)=O)=C(C)N3)cc(OC)c1OC. The summed E-state index contributed by atoms with van der Waals surface area (Å²) in [5, 5.41) is 7.80. The molecule has 1 atom stereocenters. The zero-order chi connectivity index (χ0) is 22.1. The number of allylic oxidation sites excluding steroid dienone is 1. The lowest BCUT2D eigenvalue weighted by atomic mass is 9.97. The van der Waals surface area contributed by atoms with E-state index in [1.807, 2.05) is 6.07 Å². The lowest BCUT2D eigenvalue weighted by Crippen LogP contribution is -2.31. The van der Waals surface area contributed by atoms with Crippen LogP contribution < -0.4 is 25.3 Å². The molecule has 0 unspecified atom stereocenters. The van der Waals surface area contributed by atoms with Crippen LogP contribution in [0.15, 0.2) is 47.9 Å². The number of pyridine rings is 1. The fourth-order valence-electron chi connectivity index (χ4n) is 3.65. The molecule has 2 aromatic heterocycles. The summed E-state index contributed by atoms with van der Waals surface area (Å²) in [5.41, 5.74) is 8.12. The van der Waals surface area contributed by atoms with E-state index in [9.17, 15) is 4.79 Å². The summed E-state index contributed by atoms with van der Waals surface area (Å²) < 4.78 is 17.9. The number of methoxy groups -OCH3 is 3. The van der Waals surface area contributed by atoms with Gasteiger partial charge in [0, 0.05) is 23.7 Å². The van der Waals surface area contributed by atoms with Gasteiger partial charge in [0.2, 0.25) is 17.6 Å². The van der Waals surface area contributed by atoms with Crippen molar-refractivity contribution in [2.75, 3.05) is 26.6 Å². The number of anilines is 1. The molecule has 3 heterocycles. The summed E-state index contributed by atoms with van der Waals surface area (Å²) in [7, 11) is 4.62. The molecule has 1 aromatic carbocycles. The average molecular weight is 422 g/mol. The lowest BCUT2D eigenvalue weighted by molar-refractivity contribution is -0.115. The van der Waals surface area contributed by atoms with E-state index < -0.39 is 11.9 Å². The minimum absolute atomic E-state index is 0.391. The Bertz CT molecular complexity index is 1150. The summed E-state index contributed by atoms with van der Waals surface area (Å²) in [6.45, 7) is 1.78. The molecule has 0 aliphatic carbocycles. The van der Waals surface area contributed by atoms with Gasteiger partial charge in [0.1, 0.15) is 6.04 Å². The van der Waals surface area contributed by atoms with E-state index in [1.54, 1.807) is 56.4 Å². The molecule has 3 aromatic rings. The van der Waals surface area contributed by atoms with Gasteiger partial charge in [0.15, 0.2) is 17.3 Å². The van der Waals surface area contributed by atoms with E-state index in [2.05, 4.69) is 20.4 Å². The fraction of sp³-hybridized carbons (Fsp3) is 0.238. The number of nitrogens with two attached hydrogens (primary N) is 1. The molecular formula is C21H22N6O4. The Morgan fingerprint density at radius 1 is 1.16 bits per heavy atom. The Labute approximate surface area is 178 Å². The number of carbonyl (C=O) groups is 1. The second-order valence-corrected chi connectivity index (χ2v) is 6.83. The number of carbonyl (C=O) groups excluding carboxylic acids is 1. The molecular weight excluding hydrogens is 400 g/mol. The molecule has 3 N–H and O–H groups in total. The Morgan fingerprint density at radius 2 is 1.87 bits per heavy atom. The van der Waals surface area contributed by atoms with Crippen molar-refractivity contribution in [1.29, 1.82) is 0 Å². The largest absolute Gasteiger partial charge is 0.493 e. The molecule has 10 nitrogen and oxygen atoms in total. The van der Waals surface area contributed by atoms with Gasteiger partial charge in [-0.2, -0.15) is 4.98 Å². The topological polar surface area (TPSA) is 126 Å². The van der Waals surface area contributed by atoms with Gasteiger partial charge in [0.25, 0.3) is 0 Å². The normalized spacial score (nSPS) is 15.2. The Morgan fingerprint density at radius 3 is 2.42 bits per heavy atom. The highest BCUT2D eigenvalue weighted by Crippen LogP contribution is 2.42. The first-order chi connectivity index (χ1) is 15.0. The summed E-state index contributed by atoms with van der Waals surface area (Å²) in [5.74, 6) is 1.77. The van der Waals surface area contributed by atoms with Gasteiger partial charge >= 0.3 is 0 Å². The standard InChI is InChI=1S/C21H22N6O4/c1-11-16(19(22)28)17(12-6-5-7-23-10-12)27-21(24-11)25-20(26-27)13-8-14(29-2)18(31-4)15(9-13)30-3/h5-10,17H,1-4H3,(H2,22,28)(H,24,25,26)/t17-/m1/s1. The molecule has 1 aliphatic heterocycles. The van der Waals surface area contributed by atoms with Crippen LogP contribution in [0.5, 0.6) is 17.2 Å². The first kappa shape index (κ1) is 20.2. The van der Waals surface area contributed by atoms with Gasteiger partial charge in [-0.25, -0.2) is 4.68 Å². The maximum absolute atomic E-state index is 12.3. The maximum atomic E-state index is 12.3. The van der Waals surface area contributed by atoms with Crippen LogP contribution in [-0.2, 0) is 4.79 Å². The minimum Gasteiger partial charge on any atom is -0.493 e. The summed E-state index contributed by atoms with van der Waals surface area (Å²) >= 11 is 0. The quantitative estimate of drug-likeness (QED) is 0.619. The summed E-state index contributed by atoms with van der Waals surface area (Å²) in [4.78, 5) is 21.1. The van der Waals surface area contributed by atoms with Crippen molar-refractivity contribution < 1.29 is 19.0 Å². The highest BCUT2D eigenvalue weighted by atomic mass is 16.5. The van der Waals surface area contributed by atoms with Crippen molar-refractivity contribution in [3.8, 4) is 28.6 Å². The first-order valence-corrected chi connectivity index (χ1v) is 9.43. The van der Waals surface area contributed by atoms with Gasteiger partial charge < -0.3 is 25.3 Å². The average Bonchev–Trinajstić information content (AvgIpc) is 3.20. The van der Waals surface area contributed by atoms with Gasteiger partial charge in [-0.3, -0.25) is 9.78 Å². The smallest absolute Gasteiger partial charge is 0.248 e. The maximum Gasteiger partial charge on any atom is 0.248 e.